The molecule has 0 saturated heterocycles. The van der Waals surface area contributed by atoms with Crippen LogP contribution in [0.15, 0.2) is 97.1 Å². The van der Waals surface area contributed by atoms with E-state index in [0.717, 1.165) is 23.8 Å². The fourth-order valence-corrected chi connectivity index (χ4v) is 4.84. The lowest BCUT2D eigenvalue weighted by Crippen LogP contribution is -2.39. The third-order valence-electron chi connectivity index (χ3n) is 8.18. The number of carboxylic acids is 2. The number of hydrogen-bond donors (Lipinski definition) is 2. The SMILES string of the molecule is CCC(COC(=O)c1ccccc1)(COC(=O)c1cccc(C(=O)OCCOC(=O)c2ccc(C)cc2)c1)COC(=O)c1ccc(C(=O)O)cc1C(=O)O. The van der Waals surface area contributed by atoms with Crippen LogP contribution in [0.25, 0.3) is 0 Å². The molecule has 0 radical (unpaired) electrons. The molecule has 0 aliphatic rings. The minimum atomic E-state index is -1.56. The minimum absolute atomic E-state index is 0.00457. The predicted molar refractivity (Wildman–Crippen MR) is 189 cm³/mol. The van der Waals surface area contributed by atoms with Gasteiger partial charge in [0.2, 0.25) is 0 Å². The van der Waals surface area contributed by atoms with E-state index in [1.165, 1.54) is 36.4 Å². The number of aromatic carboxylic acids is 2. The third-order valence-corrected chi connectivity index (χ3v) is 8.18. The number of carbonyl (C=O) groups excluding carboxylic acids is 5. The largest absolute Gasteiger partial charge is 0.478 e. The van der Waals surface area contributed by atoms with Crippen LogP contribution in [0.1, 0.15) is 91.4 Å². The molecule has 14 heteroatoms. The summed E-state index contributed by atoms with van der Waals surface area (Å²) in [7, 11) is 0. The van der Waals surface area contributed by atoms with Crippen molar-refractivity contribution in [1.82, 2.24) is 0 Å². The summed E-state index contributed by atoms with van der Waals surface area (Å²) < 4.78 is 26.9. The van der Waals surface area contributed by atoms with E-state index in [2.05, 4.69) is 0 Å². The average molecular weight is 741 g/mol. The van der Waals surface area contributed by atoms with Gasteiger partial charge in [0, 0.05) is 0 Å². The maximum Gasteiger partial charge on any atom is 0.339 e. The van der Waals surface area contributed by atoms with Crippen LogP contribution in [0.2, 0.25) is 0 Å². The van der Waals surface area contributed by atoms with Gasteiger partial charge < -0.3 is 33.9 Å². The van der Waals surface area contributed by atoms with Crippen molar-refractivity contribution in [3.05, 3.63) is 142 Å². The van der Waals surface area contributed by atoms with Crippen molar-refractivity contribution in [1.29, 1.82) is 0 Å². The first kappa shape index (κ1) is 39.9. The molecule has 1 unspecified atom stereocenters. The van der Waals surface area contributed by atoms with E-state index in [0.29, 0.717) is 5.56 Å². The van der Waals surface area contributed by atoms with E-state index < -0.39 is 78.1 Å². The molecule has 0 heterocycles. The van der Waals surface area contributed by atoms with Gasteiger partial charge in [-0.05, 0) is 74.0 Å². The molecular formula is C40H36O14. The predicted octanol–water partition coefficient (Wildman–Crippen LogP) is 5.67. The van der Waals surface area contributed by atoms with Crippen molar-refractivity contribution in [2.75, 3.05) is 33.0 Å². The first-order valence-electron chi connectivity index (χ1n) is 16.5. The molecule has 1 atom stereocenters. The summed E-state index contributed by atoms with van der Waals surface area (Å²) >= 11 is 0. The quantitative estimate of drug-likeness (QED) is 0.0760. The highest BCUT2D eigenvalue weighted by Gasteiger charge is 2.35. The first-order valence-corrected chi connectivity index (χ1v) is 16.5. The molecule has 4 aromatic carbocycles. The second-order valence-electron chi connectivity index (χ2n) is 12.0. The van der Waals surface area contributed by atoms with Crippen LogP contribution in [0, 0.1) is 12.3 Å². The standard InChI is InChI=1S/C40H36O14/c1-3-40(22-52-36(46)26-8-5-4-6-9-26,24-54-39(49)31-17-16-28(33(41)42)21-32(31)34(43)44)23-53-38(48)30-11-7-10-29(20-30)37(47)51-19-18-50-35(45)27-14-12-25(2)13-15-27/h4-17,20-21H,3,18-19,22-24H2,1-2H3,(H,41,42)(H,43,44). The van der Waals surface area contributed by atoms with E-state index in [-0.39, 0.29) is 41.9 Å². The van der Waals surface area contributed by atoms with E-state index in [4.69, 9.17) is 23.7 Å². The van der Waals surface area contributed by atoms with Gasteiger partial charge in [-0.2, -0.15) is 0 Å². The zero-order chi connectivity index (χ0) is 39.3. The Kier molecular flexibility index (Phi) is 13.8. The number of ether oxygens (including phenoxy) is 5. The number of hydrogen-bond acceptors (Lipinski definition) is 12. The van der Waals surface area contributed by atoms with Crippen molar-refractivity contribution >= 4 is 41.8 Å². The minimum Gasteiger partial charge on any atom is -0.478 e. The monoisotopic (exact) mass is 740 g/mol. The van der Waals surface area contributed by atoms with Crippen LogP contribution in [0.5, 0.6) is 0 Å². The fraction of sp³-hybridized carbons (Fsp3) is 0.225. The number of esters is 5. The number of aryl methyl sites for hydroxylation is 1. The van der Waals surface area contributed by atoms with Crippen LogP contribution in [-0.2, 0) is 23.7 Å². The molecule has 4 rings (SSSR count). The number of carboxylic acid groups (broad SMARTS) is 2. The van der Waals surface area contributed by atoms with E-state index >= 15 is 0 Å². The number of rotatable bonds is 17. The van der Waals surface area contributed by atoms with Crippen LogP contribution in [-0.4, -0.2) is 85.0 Å². The van der Waals surface area contributed by atoms with Gasteiger partial charge in [0.05, 0.1) is 44.4 Å². The average Bonchev–Trinajstić information content (AvgIpc) is 3.19. The highest BCUT2D eigenvalue weighted by atomic mass is 16.6. The molecule has 0 spiro atoms. The molecule has 54 heavy (non-hydrogen) atoms. The topological polar surface area (TPSA) is 206 Å². The highest BCUT2D eigenvalue weighted by Crippen LogP contribution is 2.27. The molecule has 0 bridgehead atoms. The van der Waals surface area contributed by atoms with Crippen LogP contribution < -0.4 is 0 Å². The number of carbonyl (C=O) groups is 7. The highest BCUT2D eigenvalue weighted by molar-refractivity contribution is 6.04. The molecule has 0 saturated carbocycles. The maximum absolute atomic E-state index is 13.2. The van der Waals surface area contributed by atoms with Gasteiger partial charge in [-0.15, -0.1) is 0 Å². The smallest absolute Gasteiger partial charge is 0.339 e. The van der Waals surface area contributed by atoms with E-state index in [1.54, 1.807) is 49.4 Å². The molecule has 14 nitrogen and oxygen atoms in total. The summed E-state index contributed by atoms with van der Waals surface area (Å²) in [6.45, 7) is 1.72. The summed E-state index contributed by atoms with van der Waals surface area (Å²) in [6, 6.07) is 23.1. The molecule has 0 aromatic heterocycles. The van der Waals surface area contributed by atoms with Crippen molar-refractivity contribution in [3.8, 4) is 0 Å². The lowest BCUT2D eigenvalue weighted by Gasteiger charge is -2.31. The number of benzene rings is 4. The second kappa shape index (κ2) is 18.6. The van der Waals surface area contributed by atoms with Gasteiger partial charge in [-0.25, -0.2) is 33.6 Å². The summed E-state index contributed by atoms with van der Waals surface area (Å²) in [5.74, 6) is -7.04. The zero-order valence-electron chi connectivity index (χ0n) is 29.3. The van der Waals surface area contributed by atoms with Gasteiger partial charge in [0.1, 0.15) is 33.0 Å². The van der Waals surface area contributed by atoms with Crippen LogP contribution in [0.3, 0.4) is 0 Å². The van der Waals surface area contributed by atoms with E-state index in [9.17, 15) is 43.8 Å². The van der Waals surface area contributed by atoms with Crippen molar-refractivity contribution in [2.24, 2.45) is 5.41 Å². The van der Waals surface area contributed by atoms with Gasteiger partial charge in [-0.1, -0.05) is 48.9 Å². The molecule has 4 aromatic rings. The second-order valence-corrected chi connectivity index (χ2v) is 12.0. The van der Waals surface area contributed by atoms with Gasteiger partial charge in [-0.3, -0.25) is 0 Å². The van der Waals surface area contributed by atoms with Crippen molar-refractivity contribution < 1.29 is 67.5 Å². The summed E-state index contributed by atoms with van der Waals surface area (Å²) in [4.78, 5) is 87.3. The molecular weight excluding hydrogens is 704 g/mol. The molecule has 0 aliphatic carbocycles. The Hall–Kier alpha value is -6.83. The Bertz CT molecular complexity index is 2020. The van der Waals surface area contributed by atoms with Crippen LogP contribution >= 0.6 is 0 Å². The Morgan fingerprint density at radius 1 is 0.481 bits per heavy atom. The molecule has 0 amide bonds. The van der Waals surface area contributed by atoms with Gasteiger partial charge in [0.15, 0.2) is 0 Å². The fourth-order valence-electron chi connectivity index (χ4n) is 4.84. The summed E-state index contributed by atoms with van der Waals surface area (Å²) in [5, 5.41) is 18.9. The molecule has 0 fully saturated rings. The normalized spacial score (nSPS) is 11.7. The van der Waals surface area contributed by atoms with Gasteiger partial charge in [0.25, 0.3) is 0 Å². The Morgan fingerprint density at radius 3 is 1.48 bits per heavy atom. The third kappa shape index (κ3) is 10.8. The maximum atomic E-state index is 13.2. The summed E-state index contributed by atoms with van der Waals surface area (Å²) in [5.41, 5.74) is -1.22. The summed E-state index contributed by atoms with van der Waals surface area (Å²) in [6.07, 6.45) is 0.125. The first-order chi connectivity index (χ1) is 25.8. The van der Waals surface area contributed by atoms with Crippen LogP contribution in [0.4, 0.5) is 0 Å². The Labute approximate surface area is 309 Å². The Balaban J connectivity index is 1.43. The lowest BCUT2D eigenvalue weighted by atomic mass is 9.87. The molecule has 2 N–H and O–H groups in total. The zero-order valence-corrected chi connectivity index (χ0v) is 29.3. The Morgan fingerprint density at radius 2 is 0.944 bits per heavy atom. The molecule has 280 valence electrons. The molecule has 0 aliphatic heterocycles. The van der Waals surface area contributed by atoms with E-state index in [1.807, 2.05) is 6.92 Å². The van der Waals surface area contributed by atoms with Crippen molar-refractivity contribution in [3.63, 3.8) is 0 Å². The van der Waals surface area contributed by atoms with Crippen molar-refractivity contribution in [2.45, 2.75) is 20.3 Å². The van der Waals surface area contributed by atoms with Gasteiger partial charge >= 0.3 is 41.8 Å². The lowest BCUT2D eigenvalue weighted by molar-refractivity contribution is -0.0382.